The summed E-state index contributed by atoms with van der Waals surface area (Å²) in [6.45, 7) is 0. The molecule has 3 aromatic rings. The van der Waals surface area contributed by atoms with Crippen LogP contribution in [-0.2, 0) is 0 Å². The van der Waals surface area contributed by atoms with Crippen molar-refractivity contribution < 1.29 is 13.6 Å². The van der Waals surface area contributed by atoms with Crippen molar-refractivity contribution in [2.24, 2.45) is 0 Å². The van der Waals surface area contributed by atoms with Crippen LogP contribution in [0.5, 0.6) is 0 Å². The van der Waals surface area contributed by atoms with Gasteiger partial charge >= 0.3 is 0 Å². The maximum absolute atomic E-state index is 13.9. The first-order valence-electron chi connectivity index (χ1n) is 5.63. The molecule has 0 unspecified atom stereocenters. The van der Waals surface area contributed by atoms with Crippen molar-refractivity contribution in [1.29, 1.82) is 0 Å². The first kappa shape index (κ1) is 12.1. The Bertz CT molecular complexity index is 777. The van der Waals surface area contributed by atoms with E-state index in [9.17, 15) is 9.18 Å². The number of ketones is 1. The quantitative estimate of drug-likeness (QED) is 0.648. The van der Waals surface area contributed by atoms with E-state index in [1.54, 1.807) is 24.3 Å². The number of carbonyl (C=O) groups excluding carboxylic acids is 1. The minimum absolute atomic E-state index is 0.0286. The van der Waals surface area contributed by atoms with Gasteiger partial charge in [-0.2, -0.15) is 0 Å². The molecule has 0 spiro atoms. The Morgan fingerprint density at radius 2 is 1.84 bits per heavy atom. The third-order valence-corrected chi connectivity index (χ3v) is 3.53. The summed E-state index contributed by atoms with van der Waals surface area (Å²) >= 11 is 3.08. The van der Waals surface area contributed by atoms with Crippen LogP contribution in [0.1, 0.15) is 15.9 Å². The number of rotatable bonds is 2. The molecule has 4 heteroatoms. The van der Waals surface area contributed by atoms with Gasteiger partial charge in [-0.3, -0.25) is 4.79 Å². The van der Waals surface area contributed by atoms with Crippen LogP contribution in [0.3, 0.4) is 0 Å². The zero-order valence-corrected chi connectivity index (χ0v) is 11.3. The van der Waals surface area contributed by atoms with Crippen molar-refractivity contribution in [1.82, 2.24) is 0 Å². The zero-order chi connectivity index (χ0) is 13.4. The highest BCUT2D eigenvalue weighted by Gasteiger charge is 2.19. The van der Waals surface area contributed by atoms with Crippen molar-refractivity contribution in [2.75, 3.05) is 0 Å². The second-order valence-electron chi connectivity index (χ2n) is 4.08. The molecule has 2 nitrogen and oxygen atoms in total. The molecule has 0 radical (unpaired) electrons. The first-order chi connectivity index (χ1) is 9.18. The Hall–Kier alpha value is -1.94. The van der Waals surface area contributed by atoms with Crippen molar-refractivity contribution >= 4 is 32.7 Å². The molecular weight excluding hydrogens is 311 g/mol. The smallest absolute Gasteiger partial charge is 0.199 e. The van der Waals surface area contributed by atoms with E-state index in [-0.39, 0.29) is 15.8 Å². The van der Waals surface area contributed by atoms with Crippen molar-refractivity contribution in [2.45, 2.75) is 0 Å². The number of hydrogen-bond donors (Lipinski definition) is 0. The van der Waals surface area contributed by atoms with Gasteiger partial charge in [0, 0.05) is 5.39 Å². The predicted molar refractivity (Wildman–Crippen MR) is 73.7 cm³/mol. The molecule has 0 saturated carbocycles. The molecule has 0 aliphatic heterocycles. The van der Waals surface area contributed by atoms with Gasteiger partial charge in [-0.05, 0) is 34.1 Å². The summed E-state index contributed by atoms with van der Waals surface area (Å²) in [5.41, 5.74) is 1.01. The fourth-order valence-electron chi connectivity index (χ4n) is 1.98. The maximum atomic E-state index is 13.9. The van der Waals surface area contributed by atoms with Crippen molar-refractivity contribution in [3.63, 3.8) is 0 Å². The molecule has 0 bridgehead atoms. The minimum Gasteiger partial charge on any atom is -0.464 e. The van der Waals surface area contributed by atoms with Crippen LogP contribution in [0.25, 0.3) is 11.0 Å². The number of carbonyl (C=O) groups is 1. The van der Waals surface area contributed by atoms with Gasteiger partial charge in [0.2, 0.25) is 0 Å². The molecule has 19 heavy (non-hydrogen) atoms. The minimum atomic E-state index is -0.558. The van der Waals surface area contributed by atoms with Gasteiger partial charge in [-0.25, -0.2) is 4.39 Å². The summed E-state index contributed by atoms with van der Waals surface area (Å²) in [6, 6.07) is 11.8. The lowest BCUT2D eigenvalue weighted by Crippen LogP contribution is -2.03. The fourth-order valence-corrected chi connectivity index (χ4v) is 2.34. The van der Waals surface area contributed by atoms with Crippen LogP contribution >= 0.6 is 15.9 Å². The number of benzene rings is 2. The van der Waals surface area contributed by atoms with Crippen LogP contribution in [0.15, 0.2) is 57.6 Å². The van der Waals surface area contributed by atoms with E-state index >= 15 is 0 Å². The van der Waals surface area contributed by atoms with Crippen LogP contribution in [-0.4, -0.2) is 5.78 Å². The van der Waals surface area contributed by atoms with Crippen LogP contribution in [0.2, 0.25) is 0 Å². The highest BCUT2D eigenvalue weighted by molar-refractivity contribution is 9.10. The maximum Gasteiger partial charge on any atom is 0.199 e. The third kappa shape index (κ3) is 1.98. The summed E-state index contributed by atoms with van der Waals surface area (Å²) in [5.74, 6) is -0.943. The first-order valence-corrected chi connectivity index (χ1v) is 6.42. The normalized spacial score (nSPS) is 10.8. The highest BCUT2D eigenvalue weighted by atomic mass is 79.9. The van der Waals surface area contributed by atoms with Gasteiger partial charge < -0.3 is 4.42 Å². The number of hydrogen-bond acceptors (Lipinski definition) is 2. The predicted octanol–water partition coefficient (Wildman–Crippen LogP) is 4.57. The molecule has 3 rings (SSSR count). The Labute approximate surface area is 117 Å². The Kier molecular flexibility index (Phi) is 2.95. The second kappa shape index (κ2) is 4.63. The molecular formula is C15H8BrFO2. The molecule has 0 saturated heterocycles. The summed E-state index contributed by atoms with van der Waals surface area (Å²) in [7, 11) is 0. The molecule has 0 aliphatic carbocycles. The molecule has 0 amide bonds. The fraction of sp³-hybridized carbons (Fsp3) is 0. The van der Waals surface area contributed by atoms with E-state index < -0.39 is 5.82 Å². The lowest BCUT2D eigenvalue weighted by molar-refractivity contribution is 0.103. The number of furan rings is 1. The Morgan fingerprint density at radius 1 is 1.05 bits per heavy atom. The van der Waals surface area contributed by atoms with E-state index in [1.165, 1.54) is 12.3 Å². The van der Waals surface area contributed by atoms with E-state index in [2.05, 4.69) is 15.9 Å². The second-order valence-corrected chi connectivity index (χ2v) is 4.93. The molecule has 0 N–H and O–H groups in total. The Balaban J connectivity index is 2.17. The summed E-state index contributed by atoms with van der Waals surface area (Å²) < 4.78 is 19.5. The largest absolute Gasteiger partial charge is 0.464 e. The number of halogens is 2. The average Bonchev–Trinajstić information content (AvgIpc) is 2.85. The van der Waals surface area contributed by atoms with E-state index in [0.29, 0.717) is 16.5 Å². The van der Waals surface area contributed by atoms with Crippen molar-refractivity contribution in [3.05, 3.63) is 70.1 Å². The van der Waals surface area contributed by atoms with E-state index in [0.717, 1.165) is 0 Å². The lowest BCUT2D eigenvalue weighted by Gasteiger charge is -2.02. The summed E-state index contributed by atoms with van der Waals surface area (Å²) in [4.78, 5) is 12.4. The van der Waals surface area contributed by atoms with Gasteiger partial charge in [-0.1, -0.05) is 24.3 Å². The van der Waals surface area contributed by atoms with Crippen LogP contribution in [0.4, 0.5) is 4.39 Å². The van der Waals surface area contributed by atoms with Crippen LogP contribution < -0.4 is 0 Å². The average molecular weight is 319 g/mol. The van der Waals surface area contributed by atoms with Crippen molar-refractivity contribution in [3.8, 4) is 0 Å². The number of fused-ring (bicyclic) bond motifs is 1. The topological polar surface area (TPSA) is 30.2 Å². The van der Waals surface area contributed by atoms with E-state index in [4.69, 9.17) is 4.42 Å². The van der Waals surface area contributed by atoms with E-state index in [1.807, 2.05) is 12.1 Å². The third-order valence-electron chi connectivity index (χ3n) is 2.92. The summed E-state index contributed by atoms with van der Waals surface area (Å²) in [6.07, 6.45) is 1.37. The SMILES string of the molecule is O=C(c1cccc(Br)c1F)c1coc2ccccc12. The molecule has 1 aromatic heterocycles. The zero-order valence-electron chi connectivity index (χ0n) is 9.69. The van der Waals surface area contributed by atoms with Gasteiger partial charge in [-0.15, -0.1) is 0 Å². The molecule has 1 heterocycles. The molecule has 94 valence electrons. The number of para-hydroxylation sites is 1. The summed E-state index contributed by atoms with van der Waals surface area (Å²) in [5, 5.41) is 0.687. The van der Waals surface area contributed by atoms with Gasteiger partial charge in [0.05, 0.1) is 15.6 Å². The van der Waals surface area contributed by atoms with Gasteiger partial charge in [0.1, 0.15) is 17.7 Å². The van der Waals surface area contributed by atoms with Gasteiger partial charge in [0.15, 0.2) is 5.78 Å². The lowest BCUT2D eigenvalue weighted by atomic mass is 10.0. The van der Waals surface area contributed by atoms with Gasteiger partial charge in [0.25, 0.3) is 0 Å². The Morgan fingerprint density at radius 3 is 2.68 bits per heavy atom. The standard InChI is InChI=1S/C15H8BrFO2/c16-12-6-3-5-10(14(12)17)15(18)11-8-19-13-7-2-1-4-9(11)13/h1-8H. The molecule has 2 aromatic carbocycles. The monoisotopic (exact) mass is 318 g/mol. The molecule has 0 aliphatic rings. The molecule has 0 atom stereocenters. The van der Waals surface area contributed by atoms with Crippen LogP contribution in [0, 0.1) is 5.82 Å². The highest BCUT2D eigenvalue weighted by Crippen LogP contribution is 2.26. The molecule has 0 fully saturated rings.